The number of methoxy groups -OCH3 is 2. The summed E-state index contributed by atoms with van der Waals surface area (Å²) in [4.78, 5) is 12.3. The van der Waals surface area contributed by atoms with E-state index in [0.717, 1.165) is 0 Å². The number of hydrogen-bond acceptors (Lipinski definition) is 5. The van der Waals surface area contributed by atoms with Crippen molar-refractivity contribution in [3.63, 3.8) is 0 Å². The van der Waals surface area contributed by atoms with E-state index in [1.54, 1.807) is 6.07 Å². The number of rotatable bonds is 4. The first-order chi connectivity index (χ1) is 9.56. The summed E-state index contributed by atoms with van der Waals surface area (Å²) in [6, 6.07) is 8.71. The van der Waals surface area contributed by atoms with Gasteiger partial charge in [-0.15, -0.1) is 0 Å². The van der Waals surface area contributed by atoms with Crippen molar-refractivity contribution in [3.05, 3.63) is 47.5 Å². The summed E-state index contributed by atoms with van der Waals surface area (Å²) in [5.41, 5.74) is 0.388. The fourth-order valence-electron chi connectivity index (χ4n) is 1.82. The molecule has 5 nitrogen and oxygen atoms in total. The smallest absolute Gasteiger partial charge is 0.196 e. The Labute approximate surface area is 116 Å². The Morgan fingerprint density at radius 3 is 2.25 bits per heavy atom. The molecule has 0 amide bonds. The molecule has 0 radical (unpaired) electrons. The molecular weight excluding hydrogens is 260 g/mol. The molecule has 104 valence electrons. The summed E-state index contributed by atoms with van der Waals surface area (Å²) in [6.45, 7) is 0. The summed E-state index contributed by atoms with van der Waals surface area (Å²) in [5, 5.41) is 19.5. The van der Waals surface area contributed by atoms with Crippen molar-refractivity contribution in [3.8, 4) is 23.0 Å². The van der Waals surface area contributed by atoms with Crippen LogP contribution in [0.2, 0.25) is 0 Å². The Kier molecular flexibility index (Phi) is 3.79. The van der Waals surface area contributed by atoms with Gasteiger partial charge >= 0.3 is 0 Å². The van der Waals surface area contributed by atoms with Gasteiger partial charge in [-0.2, -0.15) is 0 Å². The highest BCUT2D eigenvalue weighted by Crippen LogP contribution is 2.30. The van der Waals surface area contributed by atoms with Crippen LogP contribution >= 0.6 is 0 Å². The largest absolute Gasteiger partial charge is 0.507 e. The molecule has 2 N–H and O–H groups in total. The van der Waals surface area contributed by atoms with E-state index in [-0.39, 0.29) is 28.4 Å². The van der Waals surface area contributed by atoms with Gasteiger partial charge in [0.25, 0.3) is 0 Å². The Balaban J connectivity index is 2.38. The molecule has 2 aromatic rings. The number of benzene rings is 2. The lowest BCUT2D eigenvalue weighted by molar-refractivity contribution is 0.103. The number of ketones is 1. The van der Waals surface area contributed by atoms with Crippen LogP contribution in [0, 0.1) is 0 Å². The minimum atomic E-state index is -0.400. The maximum absolute atomic E-state index is 12.3. The Morgan fingerprint density at radius 2 is 1.70 bits per heavy atom. The van der Waals surface area contributed by atoms with Gasteiger partial charge in [-0.05, 0) is 30.3 Å². The molecule has 0 bridgehead atoms. The van der Waals surface area contributed by atoms with Gasteiger partial charge in [0.2, 0.25) is 0 Å². The third kappa shape index (κ3) is 2.51. The van der Waals surface area contributed by atoms with E-state index < -0.39 is 5.78 Å². The van der Waals surface area contributed by atoms with Crippen LogP contribution in [0.15, 0.2) is 36.4 Å². The van der Waals surface area contributed by atoms with Gasteiger partial charge in [0, 0.05) is 11.6 Å². The molecule has 0 unspecified atom stereocenters. The average molecular weight is 274 g/mol. The highest BCUT2D eigenvalue weighted by molar-refractivity contribution is 6.11. The van der Waals surface area contributed by atoms with Crippen molar-refractivity contribution in [1.29, 1.82) is 0 Å². The molecule has 0 aromatic heterocycles. The Bertz CT molecular complexity index is 649. The highest BCUT2D eigenvalue weighted by atomic mass is 16.5. The number of ether oxygens (including phenoxy) is 2. The number of phenols is 2. The fourth-order valence-corrected chi connectivity index (χ4v) is 1.82. The second-order valence-corrected chi connectivity index (χ2v) is 4.10. The van der Waals surface area contributed by atoms with E-state index in [1.165, 1.54) is 44.6 Å². The van der Waals surface area contributed by atoms with Gasteiger partial charge in [0.15, 0.2) is 17.3 Å². The molecule has 0 saturated heterocycles. The number of carbonyl (C=O) groups is 1. The van der Waals surface area contributed by atoms with Crippen LogP contribution in [0.25, 0.3) is 0 Å². The van der Waals surface area contributed by atoms with Gasteiger partial charge in [-0.25, -0.2) is 0 Å². The van der Waals surface area contributed by atoms with Crippen LogP contribution in [0.1, 0.15) is 15.9 Å². The minimum Gasteiger partial charge on any atom is -0.507 e. The van der Waals surface area contributed by atoms with Crippen LogP contribution < -0.4 is 9.47 Å². The predicted octanol–water partition coefficient (Wildman–Crippen LogP) is 2.35. The monoisotopic (exact) mass is 274 g/mol. The number of carbonyl (C=O) groups excluding carboxylic acids is 1. The standard InChI is InChI=1S/C15H14O5/c1-19-10-4-5-11(12(16)8-10)15(18)9-3-6-14(20-2)13(17)7-9/h3-8,16-17H,1-2H3. The molecule has 0 aliphatic rings. The molecule has 0 atom stereocenters. The maximum atomic E-state index is 12.3. The SMILES string of the molecule is COc1ccc(C(=O)c2ccc(OC)c(O)c2)c(O)c1. The zero-order chi connectivity index (χ0) is 14.7. The van der Waals surface area contributed by atoms with E-state index in [9.17, 15) is 15.0 Å². The molecule has 0 aliphatic heterocycles. The third-order valence-corrected chi connectivity index (χ3v) is 2.89. The lowest BCUT2D eigenvalue weighted by atomic mass is 10.0. The van der Waals surface area contributed by atoms with E-state index in [4.69, 9.17) is 9.47 Å². The quantitative estimate of drug-likeness (QED) is 0.837. The van der Waals surface area contributed by atoms with Crippen molar-refractivity contribution in [2.75, 3.05) is 14.2 Å². The summed E-state index contributed by atoms with van der Waals surface area (Å²) in [7, 11) is 2.89. The number of hydrogen-bond donors (Lipinski definition) is 2. The van der Waals surface area contributed by atoms with Crippen molar-refractivity contribution in [2.45, 2.75) is 0 Å². The Hall–Kier alpha value is -2.69. The fraction of sp³-hybridized carbons (Fsp3) is 0.133. The van der Waals surface area contributed by atoms with Crippen LogP contribution in [0.3, 0.4) is 0 Å². The van der Waals surface area contributed by atoms with Crippen molar-refractivity contribution in [2.24, 2.45) is 0 Å². The molecule has 20 heavy (non-hydrogen) atoms. The molecule has 2 aromatic carbocycles. The third-order valence-electron chi connectivity index (χ3n) is 2.89. The molecule has 5 heteroatoms. The molecule has 0 saturated carbocycles. The van der Waals surface area contributed by atoms with Crippen LogP contribution in [-0.2, 0) is 0 Å². The lowest BCUT2D eigenvalue weighted by Crippen LogP contribution is -2.02. The normalized spacial score (nSPS) is 10.1. The summed E-state index contributed by atoms with van der Waals surface area (Å²) >= 11 is 0. The predicted molar refractivity (Wildman–Crippen MR) is 72.8 cm³/mol. The van der Waals surface area contributed by atoms with Crippen molar-refractivity contribution < 1.29 is 24.5 Å². The van der Waals surface area contributed by atoms with Crippen LogP contribution in [-0.4, -0.2) is 30.2 Å². The minimum absolute atomic E-state index is 0.133. The van der Waals surface area contributed by atoms with Gasteiger partial charge in [0.1, 0.15) is 11.5 Å². The van der Waals surface area contributed by atoms with Gasteiger partial charge in [-0.3, -0.25) is 4.79 Å². The highest BCUT2D eigenvalue weighted by Gasteiger charge is 2.16. The van der Waals surface area contributed by atoms with Gasteiger partial charge < -0.3 is 19.7 Å². The zero-order valence-corrected chi connectivity index (χ0v) is 11.1. The number of aromatic hydroxyl groups is 2. The van der Waals surface area contributed by atoms with Crippen LogP contribution in [0.5, 0.6) is 23.0 Å². The molecule has 0 fully saturated rings. The molecule has 2 rings (SSSR count). The first kappa shape index (κ1) is 13.7. The average Bonchev–Trinajstić information content (AvgIpc) is 2.46. The topological polar surface area (TPSA) is 76.0 Å². The molecular formula is C15H14O5. The summed E-state index contributed by atoms with van der Waals surface area (Å²) in [5.74, 6) is 0.0243. The number of phenolic OH excluding ortho intramolecular Hbond substituents is 2. The second kappa shape index (κ2) is 5.52. The first-order valence-corrected chi connectivity index (χ1v) is 5.85. The maximum Gasteiger partial charge on any atom is 0.196 e. The summed E-state index contributed by atoms with van der Waals surface area (Å²) in [6.07, 6.45) is 0. The van der Waals surface area contributed by atoms with E-state index in [2.05, 4.69) is 0 Å². The first-order valence-electron chi connectivity index (χ1n) is 5.85. The molecule has 0 aliphatic carbocycles. The summed E-state index contributed by atoms with van der Waals surface area (Å²) < 4.78 is 9.87. The molecule has 0 spiro atoms. The van der Waals surface area contributed by atoms with E-state index in [0.29, 0.717) is 5.75 Å². The zero-order valence-electron chi connectivity index (χ0n) is 11.1. The van der Waals surface area contributed by atoms with Crippen LogP contribution in [0.4, 0.5) is 0 Å². The van der Waals surface area contributed by atoms with E-state index >= 15 is 0 Å². The second-order valence-electron chi connectivity index (χ2n) is 4.10. The van der Waals surface area contributed by atoms with Gasteiger partial charge in [0.05, 0.1) is 19.8 Å². The van der Waals surface area contributed by atoms with Gasteiger partial charge in [-0.1, -0.05) is 0 Å². The van der Waals surface area contributed by atoms with E-state index in [1.807, 2.05) is 0 Å². The Morgan fingerprint density at radius 1 is 0.950 bits per heavy atom. The lowest BCUT2D eigenvalue weighted by Gasteiger charge is -2.08. The van der Waals surface area contributed by atoms with Crippen molar-refractivity contribution in [1.82, 2.24) is 0 Å². The van der Waals surface area contributed by atoms with Crippen molar-refractivity contribution >= 4 is 5.78 Å². The molecule has 0 heterocycles.